The third-order valence-corrected chi connectivity index (χ3v) is 4.99. The molecule has 0 bridgehead atoms. The molecule has 128 valence electrons. The molecule has 1 aliphatic carbocycles. The highest BCUT2D eigenvalue weighted by Gasteiger charge is 2.20. The molecule has 5 nitrogen and oxygen atoms in total. The Kier molecular flexibility index (Phi) is 3.80. The highest BCUT2D eigenvalue weighted by molar-refractivity contribution is 9.10. The number of aromatic amines is 2. The molecule has 0 spiro atoms. The number of H-pyrrole nitrogens is 2. The van der Waals surface area contributed by atoms with Gasteiger partial charge in [-0.1, -0.05) is 6.07 Å². The van der Waals surface area contributed by atoms with Gasteiger partial charge in [0.05, 0.1) is 30.1 Å². The zero-order chi connectivity index (χ0) is 17.6. The van der Waals surface area contributed by atoms with E-state index in [4.69, 9.17) is 9.47 Å². The number of ether oxygens (including phenoxy) is 2. The molecule has 0 amide bonds. The first-order valence-electron chi connectivity index (χ1n) is 7.58. The topological polar surface area (TPSA) is 62.1 Å². The maximum Gasteiger partial charge on any atom is 0.161 e. The number of rotatable bonds is 4. The van der Waals surface area contributed by atoms with Gasteiger partial charge in [-0.2, -0.15) is 0 Å². The summed E-state index contributed by atoms with van der Waals surface area (Å²) in [6.45, 7) is 0. The number of hydrogen-bond acceptors (Lipinski definition) is 3. The Morgan fingerprint density at radius 3 is 2.56 bits per heavy atom. The molecule has 0 saturated heterocycles. The van der Waals surface area contributed by atoms with Gasteiger partial charge in [-0.05, 0) is 51.6 Å². The molecule has 2 aliphatic rings. The van der Waals surface area contributed by atoms with Gasteiger partial charge in [-0.15, -0.1) is 0 Å². The molecule has 2 aromatic carbocycles. The quantitative estimate of drug-likeness (QED) is 0.435. The third-order valence-electron chi connectivity index (χ3n) is 4.19. The Morgan fingerprint density at radius 2 is 1.80 bits per heavy atom. The minimum Gasteiger partial charge on any atom is -0.493 e. The Bertz CT molecular complexity index is 1040. The Morgan fingerprint density at radius 1 is 1.04 bits per heavy atom. The second kappa shape index (κ2) is 6.00. The van der Waals surface area contributed by atoms with E-state index in [2.05, 4.69) is 31.4 Å². The lowest BCUT2D eigenvalue weighted by Crippen LogP contribution is -1.94. The molecule has 0 aromatic heterocycles. The van der Waals surface area contributed by atoms with Crippen molar-refractivity contribution in [2.24, 2.45) is 0 Å². The molecule has 3 N–H and O–H groups in total. The minimum absolute atomic E-state index is 0.320. The van der Waals surface area contributed by atoms with Gasteiger partial charge in [0.25, 0.3) is 0 Å². The maximum absolute atomic E-state index is 13.7. The van der Waals surface area contributed by atoms with Crippen LogP contribution in [-0.4, -0.2) is 24.4 Å². The summed E-state index contributed by atoms with van der Waals surface area (Å²) in [4.78, 5) is 0. The molecule has 0 fully saturated rings. The number of nitrogens with one attached hydrogen (secondary N) is 3. The fraction of sp³-hybridized carbons (Fsp3) is 0.111. The second-order valence-corrected chi connectivity index (χ2v) is 6.37. The van der Waals surface area contributed by atoms with E-state index in [1.807, 2.05) is 18.2 Å². The van der Waals surface area contributed by atoms with Crippen molar-refractivity contribution in [3.63, 3.8) is 0 Å². The molecular weight excluding hydrogens is 389 g/mol. The number of methoxy groups -OCH3 is 2. The Labute approximate surface area is 151 Å². The number of halogens is 2. The van der Waals surface area contributed by atoms with Crippen molar-refractivity contribution in [2.75, 3.05) is 19.5 Å². The van der Waals surface area contributed by atoms with Crippen LogP contribution >= 0.6 is 15.9 Å². The van der Waals surface area contributed by atoms with Crippen LogP contribution < -0.4 is 14.8 Å². The van der Waals surface area contributed by atoms with Crippen molar-refractivity contribution in [2.45, 2.75) is 0 Å². The Hall–Kier alpha value is -2.67. The lowest BCUT2D eigenvalue weighted by molar-refractivity contribution is 0.356. The fourth-order valence-electron chi connectivity index (χ4n) is 2.96. The molecule has 0 unspecified atom stereocenters. The average molecular weight is 404 g/mol. The highest BCUT2D eigenvalue weighted by atomic mass is 79.9. The van der Waals surface area contributed by atoms with Crippen molar-refractivity contribution >= 4 is 38.2 Å². The molecule has 4 rings (SSSR count). The van der Waals surface area contributed by atoms with Crippen LogP contribution in [0.15, 0.2) is 40.9 Å². The first-order chi connectivity index (χ1) is 12.1. The lowest BCUT2D eigenvalue weighted by Gasteiger charge is -2.07. The van der Waals surface area contributed by atoms with Gasteiger partial charge in [-0.25, -0.2) is 4.39 Å². The van der Waals surface area contributed by atoms with Gasteiger partial charge >= 0.3 is 0 Å². The number of anilines is 2. The predicted molar refractivity (Wildman–Crippen MR) is 99.8 cm³/mol. The zero-order valence-corrected chi connectivity index (χ0v) is 15.1. The van der Waals surface area contributed by atoms with Crippen LogP contribution in [0.4, 0.5) is 15.9 Å². The standard InChI is InChI=1S/C18H15BrFN3O2/c1-24-14-7-9-6-11-17(10(9)8-15(14)25-2)22-23-18(11)21-13-5-3-4-12(20)16(13)19/h3-8,21-23H,1-2H3. The number of fused-ring (bicyclic) bond motifs is 3. The summed E-state index contributed by atoms with van der Waals surface area (Å²) in [6, 6.07) is 10.8. The summed E-state index contributed by atoms with van der Waals surface area (Å²) < 4.78 is 24.9. The SMILES string of the molecule is COc1cc2cc3c(Nc4cccc(F)c4Br)[nH][nH]c-3c2cc1OC. The molecule has 0 saturated carbocycles. The summed E-state index contributed by atoms with van der Waals surface area (Å²) in [5.41, 5.74) is 2.53. The van der Waals surface area contributed by atoms with Gasteiger partial charge in [0.2, 0.25) is 0 Å². The molecule has 7 heteroatoms. The minimum atomic E-state index is -0.320. The van der Waals surface area contributed by atoms with Crippen LogP contribution in [0.5, 0.6) is 11.5 Å². The van der Waals surface area contributed by atoms with E-state index in [-0.39, 0.29) is 5.82 Å². The van der Waals surface area contributed by atoms with E-state index in [1.165, 1.54) is 6.07 Å². The monoisotopic (exact) mass is 403 g/mol. The van der Waals surface area contributed by atoms with Crippen LogP contribution in [0.1, 0.15) is 0 Å². The fourth-order valence-corrected chi connectivity index (χ4v) is 3.32. The summed E-state index contributed by atoms with van der Waals surface area (Å²) in [6.07, 6.45) is 0. The van der Waals surface area contributed by atoms with Crippen LogP contribution in [0.3, 0.4) is 0 Å². The smallest absolute Gasteiger partial charge is 0.161 e. The zero-order valence-electron chi connectivity index (χ0n) is 13.5. The van der Waals surface area contributed by atoms with Gasteiger partial charge in [-0.3, -0.25) is 10.2 Å². The first-order valence-corrected chi connectivity index (χ1v) is 8.37. The van der Waals surface area contributed by atoms with Crippen molar-refractivity contribution in [1.29, 1.82) is 0 Å². The van der Waals surface area contributed by atoms with Crippen LogP contribution in [0, 0.1) is 5.82 Å². The molecule has 1 heterocycles. The van der Waals surface area contributed by atoms with Crippen molar-refractivity contribution < 1.29 is 13.9 Å². The van der Waals surface area contributed by atoms with Crippen LogP contribution in [0.25, 0.3) is 22.0 Å². The molecule has 0 atom stereocenters. The predicted octanol–water partition coefficient (Wildman–Crippen LogP) is 5.26. The first kappa shape index (κ1) is 15.8. The summed E-state index contributed by atoms with van der Waals surface area (Å²) >= 11 is 3.27. The van der Waals surface area contributed by atoms with E-state index >= 15 is 0 Å². The van der Waals surface area contributed by atoms with Gasteiger partial charge in [0, 0.05) is 10.9 Å². The number of benzene rings is 2. The molecule has 0 radical (unpaired) electrons. The highest BCUT2D eigenvalue weighted by Crippen LogP contribution is 2.43. The normalized spacial score (nSPS) is 11.2. The van der Waals surface area contributed by atoms with E-state index in [0.717, 1.165) is 27.8 Å². The third kappa shape index (κ3) is 2.51. The van der Waals surface area contributed by atoms with Crippen LogP contribution in [0.2, 0.25) is 0 Å². The second-order valence-electron chi connectivity index (χ2n) is 5.58. The van der Waals surface area contributed by atoms with E-state index in [9.17, 15) is 4.39 Å². The van der Waals surface area contributed by atoms with Crippen molar-refractivity contribution in [3.8, 4) is 22.8 Å². The number of hydrogen-bond donors (Lipinski definition) is 3. The molecule has 2 aromatic rings. The average Bonchev–Trinajstić information content (AvgIpc) is 3.17. The molecule has 1 aliphatic heterocycles. The van der Waals surface area contributed by atoms with Crippen molar-refractivity contribution in [3.05, 3.63) is 46.7 Å². The van der Waals surface area contributed by atoms with Crippen molar-refractivity contribution in [1.82, 2.24) is 10.2 Å². The van der Waals surface area contributed by atoms with Gasteiger partial charge in [0.1, 0.15) is 11.6 Å². The van der Waals surface area contributed by atoms with Crippen LogP contribution in [-0.2, 0) is 0 Å². The largest absolute Gasteiger partial charge is 0.493 e. The maximum atomic E-state index is 13.7. The summed E-state index contributed by atoms with van der Waals surface area (Å²) in [5.74, 6) is 1.77. The molecule has 25 heavy (non-hydrogen) atoms. The molecular formula is C18H15BrFN3O2. The Balaban J connectivity index is 1.81. The van der Waals surface area contributed by atoms with E-state index < -0.39 is 0 Å². The summed E-state index contributed by atoms with van der Waals surface area (Å²) in [5, 5.41) is 11.5. The van der Waals surface area contributed by atoms with Gasteiger partial charge in [0.15, 0.2) is 11.5 Å². The number of aromatic nitrogens is 2. The van der Waals surface area contributed by atoms with E-state index in [1.54, 1.807) is 26.4 Å². The van der Waals surface area contributed by atoms with Gasteiger partial charge < -0.3 is 14.8 Å². The summed E-state index contributed by atoms with van der Waals surface area (Å²) in [7, 11) is 3.22. The lowest BCUT2D eigenvalue weighted by atomic mass is 10.2. The van der Waals surface area contributed by atoms with E-state index in [0.29, 0.717) is 21.7 Å².